The zero-order valence-corrected chi connectivity index (χ0v) is 13.5. The van der Waals surface area contributed by atoms with E-state index in [0.29, 0.717) is 17.4 Å². The second kappa shape index (κ2) is 5.94. The van der Waals surface area contributed by atoms with Gasteiger partial charge in [-0.05, 0) is 48.6 Å². The van der Waals surface area contributed by atoms with E-state index in [1.807, 2.05) is 11.3 Å². The van der Waals surface area contributed by atoms with E-state index in [-0.39, 0.29) is 0 Å². The van der Waals surface area contributed by atoms with E-state index in [4.69, 9.17) is 5.73 Å². The molecule has 2 nitrogen and oxygen atoms in total. The quantitative estimate of drug-likeness (QED) is 0.913. The molecule has 3 unspecified atom stereocenters. The molecule has 2 N–H and O–H groups in total. The van der Waals surface area contributed by atoms with Crippen LogP contribution in [0.15, 0.2) is 17.5 Å². The average Bonchev–Trinajstić information content (AvgIpc) is 2.83. The molecule has 1 heterocycles. The maximum Gasteiger partial charge on any atom is 0.0324 e. The number of thiophene rings is 1. The molecule has 0 aromatic carbocycles. The smallest absolute Gasteiger partial charge is 0.0324 e. The first-order chi connectivity index (χ1) is 8.91. The molecule has 19 heavy (non-hydrogen) atoms. The van der Waals surface area contributed by atoms with Gasteiger partial charge >= 0.3 is 0 Å². The van der Waals surface area contributed by atoms with E-state index in [1.165, 1.54) is 24.3 Å². The van der Waals surface area contributed by atoms with Crippen LogP contribution in [0.2, 0.25) is 0 Å². The Morgan fingerprint density at radius 2 is 2.16 bits per heavy atom. The molecule has 0 aliphatic heterocycles. The zero-order chi connectivity index (χ0) is 14.0. The first-order valence-corrected chi connectivity index (χ1v) is 8.25. The summed E-state index contributed by atoms with van der Waals surface area (Å²) in [7, 11) is 2.25. The first kappa shape index (κ1) is 15.0. The predicted octanol–water partition coefficient (Wildman–Crippen LogP) is 3.58. The fraction of sp³-hybridized carbons (Fsp3) is 0.750. The van der Waals surface area contributed by atoms with Crippen molar-refractivity contribution in [2.75, 3.05) is 13.6 Å². The van der Waals surface area contributed by atoms with Crippen LogP contribution in [0.1, 0.15) is 38.5 Å². The van der Waals surface area contributed by atoms with Gasteiger partial charge < -0.3 is 10.6 Å². The fourth-order valence-electron chi connectivity index (χ4n) is 3.38. The minimum absolute atomic E-state index is 0.349. The minimum Gasteiger partial charge on any atom is -0.327 e. The van der Waals surface area contributed by atoms with Crippen molar-refractivity contribution >= 4 is 11.3 Å². The summed E-state index contributed by atoms with van der Waals surface area (Å²) in [6.45, 7) is 9.39. The molecule has 3 atom stereocenters. The standard InChI is InChI=1S/C16H28N2S/c1-12-15(17)8-7-13(16(12,2)3)10-18(4)11-14-6-5-9-19-14/h5-6,9,12-13,15H,7-8,10-11,17H2,1-4H3. The number of rotatable bonds is 4. The van der Waals surface area contributed by atoms with E-state index < -0.39 is 0 Å². The Labute approximate surface area is 122 Å². The van der Waals surface area contributed by atoms with Crippen molar-refractivity contribution < 1.29 is 0 Å². The number of hydrogen-bond donors (Lipinski definition) is 1. The molecule has 108 valence electrons. The van der Waals surface area contributed by atoms with E-state index in [0.717, 1.165) is 12.5 Å². The first-order valence-electron chi connectivity index (χ1n) is 7.37. The maximum atomic E-state index is 6.24. The molecule has 0 saturated heterocycles. The lowest BCUT2D eigenvalue weighted by Crippen LogP contribution is -2.49. The fourth-order valence-corrected chi connectivity index (χ4v) is 4.16. The summed E-state index contributed by atoms with van der Waals surface area (Å²) in [5, 5.41) is 2.16. The highest BCUT2D eigenvalue weighted by atomic mass is 32.1. The Kier molecular flexibility index (Phi) is 4.70. The topological polar surface area (TPSA) is 29.3 Å². The minimum atomic E-state index is 0.349. The predicted molar refractivity (Wildman–Crippen MR) is 84.3 cm³/mol. The van der Waals surface area contributed by atoms with Crippen LogP contribution in [-0.4, -0.2) is 24.5 Å². The third-order valence-electron chi connectivity index (χ3n) is 5.25. The van der Waals surface area contributed by atoms with Crippen molar-refractivity contribution in [3.05, 3.63) is 22.4 Å². The van der Waals surface area contributed by atoms with Crippen molar-refractivity contribution in [1.82, 2.24) is 4.90 Å². The highest BCUT2D eigenvalue weighted by Gasteiger charge is 2.41. The van der Waals surface area contributed by atoms with Crippen LogP contribution >= 0.6 is 11.3 Å². The molecule has 1 aliphatic rings. The highest BCUT2D eigenvalue weighted by Crippen LogP contribution is 2.44. The monoisotopic (exact) mass is 280 g/mol. The van der Waals surface area contributed by atoms with Gasteiger partial charge in [-0.25, -0.2) is 0 Å². The number of nitrogens with two attached hydrogens (primary N) is 1. The van der Waals surface area contributed by atoms with Crippen LogP contribution in [0.3, 0.4) is 0 Å². The third kappa shape index (κ3) is 3.39. The maximum absolute atomic E-state index is 6.24. The van der Waals surface area contributed by atoms with Crippen molar-refractivity contribution in [2.24, 2.45) is 23.0 Å². The van der Waals surface area contributed by atoms with Gasteiger partial charge in [-0.3, -0.25) is 0 Å². The van der Waals surface area contributed by atoms with E-state index in [9.17, 15) is 0 Å². The lowest BCUT2D eigenvalue weighted by Gasteiger charge is -2.48. The van der Waals surface area contributed by atoms with Crippen LogP contribution in [0, 0.1) is 17.3 Å². The average molecular weight is 280 g/mol. The van der Waals surface area contributed by atoms with Gasteiger partial charge in [0, 0.05) is 24.0 Å². The van der Waals surface area contributed by atoms with Gasteiger partial charge in [0.2, 0.25) is 0 Å². The van der Waals surface area contributed by atoms with Crippen molar-refractivity contribution in [3.8, 4) is 0 Å². The van der Waals surface area contributed by atoms with Crippen LogP contribution in [0.25, 0.3) is 0 Å². The lowest BCUT2D eigenvalue weighted by molar-refractivity contribution is 0.0326. The van der Waals surface area contributed by atoms with Crippen molar-refractivity contribution in [3.63, 3.8) is 0 Å². The molecule has 1 fully saturated rings. The van der Waals surface area contributed by atoms with Gasteiger partial charge in [0.15, 0.2) is 0 Å². The molecule has 2 rings (SSSR count). The summed E-state index contributed by atoms with van der Waals surface area (Å²) in [6.07, 6.45) is 2.45. The Morgan fingerprint density at radius 1 is 1.42 bits per heavy atom. The number of hydrogen-bond acceptors (Lipinski definition) is 3. The zero-order valence-electron chi connectivity index (χ0n) is 12.7. The van der Waals surface area contributed by atoms with Gasteiger partial charge in [-0.2, -0.15) is 0 Å². The van der Waals surface area contributed by atoms with Crippen LogP contribution in [-0.2, 0) is 6.54 Å². The van der Waals surface area contributed by atoms with Crippen molar-refractivity contribution in [1.29, 1.82) is 0 Å². The summed E-state index contributed by atoms with van der Waals surface area (Å²) in [4.78, 5) is 3.93. The Morgan fingerprint density at radius 3 is 2.79 bits per heavy atom. The number of nitrogens with zero attached hydrogens (tertiary/aromatic N) is 1. The molecule has 0 bridgehead atoms. The Bertz CT molecular complexity index is 385. The molecular weight excluding hydrogens is 252 g/mol. The summed E-state index contributed by atoms with van der Waals surface area (Å²) in [5.41, 5.74) is 6.59. The molecule has 1 saturated carbocycles. The second-order valence-electron chi connectivity index (χ2n) is 6.82. The summed E-state index contributed by atoms with van der Waals surface area (Å²) < 4.78 is 0. The molecule has 0 radical (unpaired) electrons. The molecule has 1 aromatic rings. The highest BCUT2D eigenvalue weighted by molar-refractivity contribution is 7.09. The molecule has 3 heteroatoms. The Hall–Kier alpha value is -0.380. The largest absolute Gasteiger partial charge is 0.327 e. The SMILES string of the molecule is CC1C(N)CCC(CN(C)Cc2cccs2)C1(C)C. The van der Waals surface area contributed by atoms with Crippen LogP contribution in [0.5, 0.6) is 0 Å². The van der Waals surface area contributed by atoms with Gasteiger partial charge in [-0.15, -0.1) is 11.3 Å². The summed E-state index contributed by atoms with van der Waals surface area (Å²) >= 11 is 1.85. The summed E-state index contributed by atoms with van der Waals surface area (Å²) in [5.74, 6) is 1.37. The second-order valence-corrected chi connectivity index (χ2v) is 7.86. The van der Waals surface area contributed by atoms with Gasteiger partial charge in [-0.1, -0.05) is 26.8 Å². The molecular formula is C16H28N2S. The van der Waals surface area contributed by atoms with E-state index in [1.54, 1.807) is 0 Å². The Balaban J connectivity index is 1.94. The van der Waals surface area contributed by atoms with Gasteiger partial charge in [0.1, 0.15) is 0 Å². The summed E-state index contributed by atoms with van der Waals surface area (Å²) in [6, 6.07) is 4.75. The molecule has 1 aliphatic carbocycles. The van der Waals surface area contributed by atoms with Crippen LogP contribution < -0.4 is 5.73 Å². The molecule has 0 amide bonds. The lowest BCUT2D eigenvalue weighted by atomic mass is 9.61. The van der Waals surface area contributed by atoms with Crippen molar-refractivity contribution in [2.45, 2.75) is 46.2 Å². The molecule has 0 spiro atoms. The van der Waals surface area contributed by atoms with Crippen LogP contribution in [0.4, 0.5) is 0 Å². The molecule has 1 aromatic heterocycles. The van der Waals surface area contributed by atoms with E-state index >= 15 is 0 Å². The third-order valence-corrected chi connectivity index (χ3v) is 6.12. The normalized spacial score (nSPS) is 30.7. The van der Waals surface area contributed by atoms with Gasteiger partial charge in [0.05, 0.1) is 0 Å². The van der Waals surface area contributed by atoms with E-state index in [2.05, 4.69) is 50.2 Å². The van der Waals surface area contributed by atoms with Gasteiger partial charge in [0.25, 0.3) is 0 Å².